The van der Waals surface area contributed by atoms with Gasteiger partial charge in [-0.15, -0.1) is 0 Å². The largest absolute Gasteiger partial charge is 0.493 e. The first-order valence-electron chi connectivity index (χ1n) is 4.77. The Bertz CT molecular complexity index is 309. The summed E-state index contributed by atoms with van der Waals surface area (Å²) in [5.74, 6) is 1.50. The van der Waals surface area contributed by atoms with E-state index in [2.05, 4.69) is 25.1 Å². The van der Waals surface area contributed by atoms with E-state index >= 15 is 0 Å². The Morgan fingerprint density at radius 1 is 1.54 bits per heavy atom. The summed E-state index contributed by atoms with van der Waals surface area (Å²) < 4.78 is 5.44. The van der Waals surface area contributed by atoms with Crippen molar-refractivity contribution in [3.63, 3.8) is 0 Å². The molecule has 2 heteroatoms. The molecule has 0 radical (unpaired) electrons. The van der Waals surface area contributed by atoms with Crippen molar-refractivity contribution in [3.8, 4) is 5.75 Å². The lowest BCUT2D eigenvalue weighted by Crippen LogP contribution is -2.08. The normalized spacial score (nSPS) is 16.5. The highest BCUT2D eigenvalue weighted by atomic mass is 16.5. The zero-order valence-corrected chi connectivity index (χ0v) is 7.92. The third-order valence-electron chi connectivity index (χ3n) is 2.64. The fraction of sp³-hybridized carbons (Fsp3) is 0.455. The van der Waals surface area contributed by atoms with E-state index < -0.39 is 0 Å². The molecule has 1 aromatic carbocycles. The van der Waals surface area contributed by atoms with Gasteiger partial charge < -0.3 is 10.5 Å². The molecule has 1 aromatic rings. The topological polar surface area (TPSA) is 35.2 Å². The zero-order valence-electron chi connectivity index (χ0n) is 7.92. The standard InChI is InChI=1S/C11H15NO/c1-8(7-12)9-2-3-11-10(6-9)4-5-13-11/h2-3,6,8H,4-5,7,12H2,1H3. The Labute approximate surface area is 78.7 Å². The maximum Gasteiger partial charge on any atom is 0.122 e. The molecule has 0 saturated heterocycles. The minimum atomic E-state index is 0.450. The van der Waals surface area contributed by atoms with Gasteiger partial charge in [0, 0.05) is 6.42 Å². The molecule has 1 unspecified atom stereocenters. The first-order chi connectivity index (χ1) is 6.31. The highest BCUT2D eigenvalue weighted by molar-refractivity contribution is 5.40. The molecule has 0 aromatic heterocycles. The highest BCUT2D eigenvalue weighted by Crippen LogP contribution is 2.28. The smallest absolute Gasteiger partial charge is 0.122 e. The van der Waals surface area contributed by atoms with Crippen LogP contribution in [0, 0.1) is 0 Å². The maximum absolute atomic E-state index is 5.62. The molecule has 1 atom stereocenters. The lowest BCUT2D eigenvalue weighted by molar-refractivity contribution is 0.357. The monoisotopic (exact) mass is 177 g/mol. The summed E-state index contributed by atoms with van der Waals surface area (Å²) in [6, 6.07) is 6.39. The van der Waals surface area contributed by atoms with Crippen LogP contribution in [0.4, 0.5) is 0 Å². The fourth-order valence-electron chi connectivity index (χ4n) is 1.65. The molecule has 13 heavy (non-hydrogen) atoms. The van der Waals surface area contributed by atoms with Gasteiger partial charge in [0.1, 0.15) is 5.75 Å². The van der Waals surface area contributed by atoms with Gasteiger partial charge in [0.25, 0.3) is 0 Å². The summed E-state index contributed by atoms with van der Waals surface area (Å²) in [5.41, 5.74) is 8.28. The average molecular weight is 177 g/mol. The Balaban J connectivity index is 2.30. The van der Waals surface area contributed by atoms with Crippen molar-refractivity contribution < 1.29 is 4.74 Å². The number of benzene rings is 1. The van der Waals surface area contributed by atoms with Crippen molar-refractivity contribution in [2.75, 3.05) is 13.2 Å². The van der Waals surface area contributed by atoms with Gasteiger partial charge in [-0.3, -0.25) is 0 Å². The van der Waals surface area contributed by atoms with Crippen LogP contribution in [-0.4, -0.2) is 13.2 Å². The third kappa shape index (κ3) is 1.54. The summed E-state index contributed by atoms with van der Waals surface area (Å²) in [7, 11) is 0. The lowest BCUT2D eigenvalue weighted by atomic mass is 9.98. The summed E-state index contributed by atoms with van der Waals surface area (Å²) in [6.45, 7) is 3.69. The molecule has 1 aliphatic heterocycles. The van der Waals surface area contributed by atoms with Crippen molar-refractivity contribution in [1.29, 1.82) is 0 Å². The SMILES string of the molecule is CC(CN)c1ccc2c(c1)CCO2. The summed E-state index contributed by atoms with van der Waals surface area (Å²) in [5, 5.41) is 0. The molecule has 2 N–H and O–H groups in total. The maximum atomic E-state index is 5.62. The molecule has 0 saturated carbocycles. The molecule has 2 nitrogen and oxygen atoms in total. The molecule has 0 spiro atoms. The van der Waals surface area contributed by atoms with Crippen LogP contribution in [0.15, 0.2) is 18.2 Å². The van der Waals surface area contributed by atoms with Gasteiger partial charge in [-0.25, -0.2) is 0 Å². The average Bonchev–Trinajstić information content (AvgIpc) is 2.63. The number of rotatable bonds is 2. The van der Waals surface area contributed by atoms with Crippen LogP contribution in [0.2, 0.25) is 0 Å². The second-order valence-corrected chi connectivity index (χ2v) is 3.60. The van der Waals surface area contributed by atoms with Gasteiger partial charge in [0.2, 0.25) is 0 Å². The predicted molar refractivity (Wildman–Crippen MR) is 53.1 cm³/mol. The number of hydrogen-bond donors (Lipinski definition) is 1. The van der Waals surface area contributed by atoms with E-state index in [9.17, 15) is 0 Å². The third-order valence-corrected chi connectivity index (χ3v) is 2.64. The Morgan fingerprint density at radius 3 is 3.15 bits per heavy atom. The van der Waals surface area contributed by atoms with E-state index in [1.807, 2.05) is 0 Å². The minimum Gasteiger partial charge on any atom is -0.493 e. The molecule has 0 aliphatic carbocycles. The molecule has 2 rings (SSSR count). The first-order valence-corrected chi connectivity index (χ1v) is 4.77. The molecule has 0 bridgehead atoms. The van der Waals surface area contributed by atoms with Gasteiger partial charge in [-0.05, 0) is 29.7 Å². The summed E-state index contributed by atoms with van der Waals surface area (Å²) in [6.07, 6.45) is 1.04. The van der Waals surface area contributed by atoms with Crippen LogP contribution in [0.3, 0.4) is 0 Å². The van der Waals surface area contributed by atoms with Crippen LogP contribution in [0.1, 0.15) is 24.0 Å². The van der Waals surface area contributed by atoms with E-state index in [0.717, 1.165) is 18.8 Å². The number of nitrogens with two attached hydrogens (primary N) is 1. The van der Waals surface area contributed by atoms with E-state index in [-0.39, 0.29) is 0 Å². The van der Waals surface area contributed by atoms with Gasteiger partial charge in [0.15, 0.2) is 0 Å². The van der Waals surface area contributed by atoms with Crippen LogP contribution in [0.5, 0.6) is 5.75 Å². The molecule has 1 aliphatic rings. The van der Waals surface area contributed by atoms with E-state index in [4.69, 9.17) is 10.5 Å². The van der Waals surface area contributed by atoms with E-state index in [1.54, 1.807) is 0 Å². The quantitative estimate of drug-likeness (QED) is 0.746. The van der Waals surface area contributed by atoms with Crippen LogP contribution < -0.4 is 10.5 Å². The van der Waals surface area contributed by atoms with Crippen LogP contribution in [0.25, 0.3) is 0 Å². The minimum absolute atomic E-state index is 0.450. The van der Waals surface area contributed by atoms with Gasteiger partial charge in [-0.1, -0.05) is 19.1 Å². The van der Waals surface area contributed by atoms with Gasteiger partial charge >= 0.3 is 0 Å². The summed E-state index contributed by atoms with van der Waals surface area (Å²) >= 11 is 0. The molecule has 0 fully saturated rings. The van der Waals surface area contributed by atoms with Crippen molar-refractivity contribution in [2.45, 2.75) is 19.3 Å². The Hall–Kier alpha value is -1.02. The van der Waals surface area contributed by atoms with Crippen LogP contribution in [-0.2, 0) is 6.42 Å². The van der Waals surface area contributed by atoms with Crippen molar-refractivity contribution in [2.24, 2.45) is 5.73 Å². The van der Waals surface area contributed by atoms with Crippen molar-refractivity contribution in [3.05, 3.63) is 29.3 Å². The molecule has 0 amide bonds. The zero-order chi connectivity index (χ0) is 9.26. The van der Waals surface area contributed by atoms with Crippen molar-refractivity contribution >= 4 is 0 Å². The van der Waals surface area contributed by atoms with E-state index in [0.29, 0.717) is 12.5 Å². The Morgan fingerprint density at radius 2 is 2.38 bits per heavy atom. The lowest BCUT2D eigenvalue weighted by Gasteiger charge is -2.09. The number of fused-ring (bicyclic) bond motifs is 1. The van der Waals surface area contributed by atoms with Gasteiger partial charge in [-0.2, -0.15) is 0 Å². The van der Waals surface area contributed by atoms with Crippen molar-refractivity contribution in [1.82, 2.24) is 0 Å². The number of ether oxygens (including phenoxy) is 1. The molecule has 70 valence electrons. The fourth-order valence-corrected chi connectivity index (χ4v) is 1.65. The first kappa shape index (κ1) is 8.57. The predicted octanol–water partition coefficient (Wildman–Crippen LogP) is 1.68. The molecule has 1 heterocycles. The second kappa shape index (κ2) is 3.38. The van der Waals surface area contributed by atoms with Crippen LogP contribution >= 0.6 is 0 Å². The number of hydrogen-bond acceptors (Lipinski definition) is 2. The van der Waals surface area contributed by atoms with Gasteiger partial charge in [0.05, 0.1) is 6.61 Å². The highest BCUT2D eigenvalue weighted by Gasteiger charge is 2.13. The molecular formula is C11H15NO. The Kier molecular flexibility index (Phi) is 2.23. The second-order valence-electron chi connectivity index (χ2n) is 3.60. The molecular weight excluding hydrogens is 162 g/mol. The summed E-state index contributed by atoms with van der Waals surface area (Å²) in [4.78, 5) is 0. The van der Waals surface area contributed by atoms with E-state index in [1.165, 1.54) is 11.1 Å².